The highest BCUT2D eigenvalue weighted by Crippen LogP contribution is 2.21. The molecule has 0 unspecified atom stereocenters. The molecule has 1 fully saturated rings. The summed E-state index contributed by atoms with van der Waals surface area (Å²) in [5.41, 5.74) is 0.585. The molecule has 0 aliphatic carbocycles. The van der Waals surface area contributed by atoms with Crippen LogP contribution >= 0.6 is 0 Å². The summed E-state index contributed by atoms with van der Waals surface area (Å²) in [7, 11) is 0. The Morgan fingerprint density at radius 1 is 1.21 bits per heavy atom. The lowest BCUT2D eigenvalue weighted by atomic mass is 10.1. The average molecular weight is 325 g/mol. The SMILES string of the molecule is N#C[C@H](c1ccccc1)N1CCN(Cc2cc(=O)c(O)co2)CC1. The molecule has 1 N–H and O–H groups in total. The van der Waals surface area contributed by atoms with E-state index in [-0.39, 0.29) is 11.8 Å². The molecule has 0 bridgehead atoms. The molecule has 3 rings (SSSR count). The van der Waals surface area contributed by atoms with Crippen molar-refractivity contribution in [2.45, 2.75) is 12.6 Å². The molecule has 1 aliphatic rings. The Morgan fingerprint density at radius 3 is 2.54 bits per heavy atom. The zero-order valence-corrected chi connectivity index (χ0v) is 13.3. The second-order valence-corrected chi connectivity index (χ2v) is 5.85. The molecule has 0 radical (unpaired) electrons. The zero-order valence-electron chi connectivity index (χ0n) is 13.3. The lowest BCUT2D eigenvalue weighted by Crippen LogP contribution is -2.47. The minimum absolute atomic E-state index is 0.236. The largest absolute Gasteiger partial charge is 0.502 e. The standard InChI is InChI=1S/C18H19N3O3/c19-11-16(14-4-2-1-3-5-14)21-8-6-20(7-9-21)12-15-10-17(22)18(23)13-24-15/h1-5,10,13,16,23H,6-9,12H2/t16-/m1/s1. The number of hydrogen-bond acceptors (Lipinski definition) is 6. The number of aromatic hydroxyl groups is 1. The molecule has 24 heavy (non-hydrogen) atoms. The van der Waals surface area contributed by atoms with Gasteiger partial charge in [0, 0.05) is 32.2 Å². The summed E-state index contributed by atoms with van der Waals surface area (Å²) in [4.78, 5) is 15.8. The van der Waals surface area contributed by atoms with Crippen molar-refractivity contribution >= 4 is 0 Å². The van der Waals surface area contributed by atoms with E-state index >= 15 is 0 Å². The van der Waals surface area contributed by atoms with Crippen molar-refractivity contribution in [3.63, 3.8) is 0 Å². The molecule has 2 aromatic rings. The molecule has 1 aromatic heterocycles. The summed E-state index contributed by atoms with van der Waals surface area (Å²) in [5.74, 6) is 0.162. The van der Waals surface area contributed by atoms with E-state index in [4.69, 9.17) is 4.42 Å². The molecular formula is C18H19N3O3. The predicted octanol–water partition coefficient (Wildman–Crippen LogP) is 1.73. The van der Waals surface area contributed by atoms with E-state index in [0.29, 0.717) is 12.3 Å². The van der Waals surface area contributed by atoms with Gasteiger partial charge in [-0.05, 0) is 5.56 Å². The Balaban J connectivity index is 1.60. The molecular weight excluding hydrogens is 306 g/mol. The molecule has 1 aliphatic heterocycles. The fourth-order valence-electron chi connectivity index (χ4n) is 2.93. The maximum atomic E-state index is 11.4. The van der Waals surface area contributed by atoms with Crippen LogP contribution in [0.2, 0.25) is 0 Å². The minimum Gasteiger partial charge on any atom is -0.502 e. The van der Waals surface area contributed by atoms with E-state index in [1.54, 1.807) is 0 Å². The van der Waals surface area contributed by atoms with Crippen LogP contribution in [-0.4, -0.2) is 41.1 Å². The van der Waals surface area contributed by atoms with Crippen LogP contribution in [0, 0.1) is 11.3 Å². The first-order valence-electron chi connectivity index (χ1n) is 7.89. The van der Waals surface area contributed by atoms with Crippen molar-refractivity contribution in [1.29, 1.82) is 5.26 Å². The van der Waals surface area contributed by atoms with Gasteiger partial charge < -0.3 is 9.52 Å². The number of nitriles is 1. The van der Waals surface area contributed by atoms with Crippen molar-refractivity contribution < 1.29 is 9.52 Å². The number of nitrogens with zero attached hydrogens (tertiary/aromatic N) is 3. The molecule has 124 valence electrons. The van der Waals surface area contributed by atoms with Gasteiger partial charge in [-0.1, -0.05) is 30.3 Å². The Hall–Kier alpha value is -2.62. The fourth-order valence-corrected chi connectivity index (χ4v) is 2.93. The summed E-state index contributed by atoms with van der Waals surface area (Å²) in [5, 5.41) is 18.7. The van der Waals surface area contributed by atoms with Crippen molar-refractivity contribution in [3.8, 4) is 11.8 Å². The van der Waals surface area contributed by atoms with E-state index in [9.17, 15) is 15.2 Å². The van der Waals surface area contributed by atoms with Crippen molar-refractivity contribution in [1.82, 2.24) is 9.80 Å². The smallest absolute Gasteiger partial charge is 0.226 e. The first-order valence-corrected chi connectivity index (χ1v) is 7.89. The van der Waals surface area contributed by atoms with E-state index in [0.717, 1.165) is 38.0 Å². The molecule has 1 atom stereocenters. The van der Waals surface area contributed by atoms with Gasteiger partial charge in [0.1, 0.15) is 18.1 Å². The van der Waals surface area contributed by atoms with Crippen molar-refractivity contribution in [2.75, 3.05) is 26.2 Å². The van der Waals surface area contributed by atoms with Gasteiger partial charge in [-0.25, -0.2) is 0 Å². The summed E-state index contributed by atoms with van der Waals surface area (Å²) in [6, 6.07) is 13.3. The lowest BCUT2D eigenvalue weighted by molar-refractivity contribution is 0.103. The van der Waals surface area contributed by atoms with Crippen LogP contribution in [0.5, 0.6) is 5.75 Å². The highest BCUT2D eigenvalue weighted by molar-refractivity contribution is 5.24. The minimum atomic E-state index is -0.427. The van der Waals surface area contributed by atoms with Gasteiger partial charge in [0.2, 0.25) is 5.43 Å². The van der Waals surface area contributed by atoms with Crippen LogP contribution in [0.1, 0.15) is 17.4 Å². The summed E-state index contributed by atoms with van der Waals surface area (Å²) in [6.07, 6.45) is 1.08. The summed E-state index contributed by atoms with van der Waals surface area (Å²) < 4.78 is 5.25. The van der Waals surface area contributed by atoms with Gasteiger partial charge in [-0.2, -0.15) is 5.26 Å². The van der Waals surface area contributed by atoms with Gasteiger partial charge in [0.15, 0.2) is 5.75 Å². The van der Waals surface area contributed by atoms with Gasteiger partial charge in [-0.15, -0.1) is 0 Å². The average Bonchev–Trinajstić information content (AvgIpc) is 2.61. The van der Waals surface area contributed by atoms with Crippen LogP contribution in [0.25, 0.3) is 0 Å². The highest BCUT2D eigenvalue weighted by Gasteiger charge is 2.25. The monoisotopic (exact) mass is 325 g/mol. The normalized spacial score (nSPS) is 17.3. The van der Waals surface area contributed by atoms with Gasteiger partial charge in [-0.3, -0.25) is 14.6 Å². The summed E-state index contributed by atoms with van der Waals surface area (Å²) >= 11 is 0. The Kier molecular flexibility index (Phi) is 4.94. The topological polar surface area (TPSA) is 80.7 Å². The fraction of sp³-hybridized carbons (Fsp3) is 0.333. The predicted molar refractivity (Wildman–Crippen MR) is 88.3 cm³/mol. The summed E-state index contributed by atoms with van der Waals surface area (Å²) in [6.45, 7) is 3.64. The van der Waals surface area contributed by atoms with Crippen LogP contribution < -0.4 is 5.43 Å². The molecule has 1 aromatic carbocycles. The quantitative estimate of drug-likeness (QED) is 0.922. The Bertz CT molecular complexity index is 774. The first-order chi connectivity index (χ1) is 11.7. The maximum Gasteiger partial charge on any atom is 0.226 e. The number of rotatable bonds is 4. The molecule has 0 saturated carbocycles. The maximum absolute atomic E-state index is 11.4. The van der Waals surface area contributed by atoms with Gasteiger partial charge in [0.05, 0.1) is 12.6 Å². The number of benzene rings is 1. The van der Waals surface area contributed by atoms with E-state index in [2.05, 4.69) is 15.9 Å². The van der Waals surface area contributed by atoms with Crippen LogP contribution in [0.4, 0.5) is 0 Å². The highest BCUT2D eigenvalue weighted by atomic mass is 16.4. The molecule has 0 amide bonds. The first kappa shape index (κ1) is 16.2. The third-order valence-corrected chi connectivity index (χ3v) is 4.26. The molecule has 0 spiro atoms. The third kappa shape index (κ3) is 3.65. The van der Waals surface area contributed by atoms with E-state index in [1.165, 1.54) is 6.07 Å². The van der Waals surface area contributed by atoms with E-state index in [1.807, 2.05) is 30.3 Å². The van der Waals surface area contributed by atoms with E-state index < -0.39 is 5.43 Å². The molecule has 2 heterocycles. The molecule has 1 saturated heterocycles. The molecule has 6 nitrogen and oxygen atoms in total. The third-order valence-electron chi connectivity index (χ3n) is 4.26. The van der Waals surface area contributed by atoms with Crippen LogP contribution in [0.3, 0.4) is 0 Å². The van der Waals surface area contributed by atoms with Gasteiger partial charge >= 0.3 is 0 Å². The van der Waals surface area contributed by atoms with Crippen molar-refractivity contribution in [2.24, 2.45) is 0 Å². The lowest BCUT2D eigenvalue weighted by Gasteiger charge is -2.36. The van der Waals surface area contributed by atoms with Crippen LogP contribution in [0.15, 0.2) is 51.9 Å². The number of piperazine rings is 1. The second kappa shape index (κ2) is 7.30. The second-order valence-electron chi connectivity index (χ2n) is 5.85. The Labute approximate surface area is 140 Å². The van der Waals surface area contributed by atoms with Gasteiger partial charge in [0.25, 0.3) is 0 Å². The van der Waals surface area contributed by atoms with Crippen molar-refractivity contribution in [3.05, 3.63) is 64.2 Å². The zero-order chi connectivity index (χ0) is 16.9. The molecule has 6 heteroatoms. The van der Waals surface area contributed by atoms with Crippen LogP contribution in [-0.2, 0) is 6.54 Å². The number of hydrogen-bond donors (Lipinski definition) is 1. The Morgan fingerprint density at radius 2 is 1.92 bits per heavy atom.